The van der Waals surface area contributed by atoms with E-state index in [0.29, 0.717) is 24.9 Å². The number of carbonyl (C=O) groups is 2. The lowest BCUT2D eigenvalue weighted by Crippen LogP contribution is -2.40. The second-order valence-corrected chi connectivity index (χ2v) is 8.16. The minimum atomic E-state index is -3.91. The third-order valence-corrected chi connectivity index (χ3v) is 5.66. The number of hydrogen-bond donors (Lipinski definition) is 3. The number of carboxylic acids is 1. The van der Waals surface area contributed by atoms with Crippen molar-refractivity contribution in [3.05, 3.63) is 65.7 Å². The van der Waals surface area contributed by atoms with Crippen LogP contribution in [0.3, 0.4) is 0 Å². The van der Waals surface area contributed by atoms with Crippen molar-refractivity contribution in [1.82, 2.24) is 10.0 Å². The monoisotopic (exact) mass is 404 g/mol. The van der Waals surface area contributed by atoms with Crippen LogP contribution in [0.4, 0.5) is 0 Å². The summed E-state index contributed by atoms with van der Waals surface area (Å²) in [4.78, 5) is 23.4. The van der Waals surface area contributed by atoms with Crippen LogP contribution in [0.1, 0.15) is 35.2 Å². The molecule has 0 radical (unpaired) electrons. The number of unbranched alkanes of at least 4 members (excludes halogenated alkanes) is 1. The first-order chi connectivity index (χ1) is 13.3. The van der Waals surface area contributed by atoms with Crippen LogP contribution in [0.2, 0.25) is 0 Å². The maximum absolute atomic E-state index is 12.4. The number of amides is 1. The van der Waals surface area contributed by atoms with Gasteiger partial charge in [0.15, 0.2) is 0 Å². The van der Waals surface area contributed by atoms with Crippen molar-refractivity contribution in [2.75, 3.05) is 6.54 Å². The Balaban J connectivity index is 1.82. The Bertz CT molecular complexity index is 896. The van der Waals surface area contributed by atoms with E-state index in [2.05, 4.69) is 10.0 Å². The van der Waals surface area contributed by atoms with Crippen LogP contribution in [0.25, 0.3) is 0 Å². The van der Waals surface area contributed by atoms with E-state index < -0.39 is 22.0 Å². The SMILES string of the molecule is Cc1ccc(S(=O)(=O)N[C@@H](CCCCNC(=O)c2ccccc2)C(=O)O)cc1. The highest BCUT2D eigenvalue weighted by atomic mass is 32.2. The van der Waals surface area contributed by atoms with Gasteiger partial charge in [-0.1, -0.05) is 35.9 Å². The van der Waals surface area contributed by atoms with Gasteiger partial charge in [-0.15, -0.1) is 0 Å². The molecule has 1 atom stereocenters. The van der Waals surface area contributed by atoms with Crippen molar-refractivity contribution in [3.63, 3.8) is 0 Å². The number of aliphatic carboxylic acids is 1. The molecular formula is C20H24N2O5S. The van der Waals surface area contributed by atoms with Gasteiger partial charge < -0.3 is 10.4 Å². The molecule has 2 aromatic carbocycles. The summed E-state index contributed by atoms with van der Waals surface area (Å²) < 4.78 is 27.0. The molecule has 0 bridgehead atoms. The Morgan fingerprint density at radius 3 is 2.25 bits per heavy atom. The average Bonchev–Trinajstić information content (AvgIpc) is 2.67. The van der Waals surface area contributed by atoms with Crippen LogP contribution >= 0.6 is 0 Å². The van der Waals surface area contributed by atoms with Gasteiger partial charge >= 0.3 is 5.97 Å². The van der Waals surface area contributed by atoms with Gasteiger partial charge in [0.05, 0.1) is 4.90 Å². The molecule has 0 aromatic heterocycles. The fourth-order valence-corrected chi connectivity index (χ4v) is 3.80. The summed E-state index contributed by atoms with van der Waals surface area (Å²) in [6, 6.07) is 13.7. The second kappa shape index (κ2) is 10.0. The van der Waals surface area contributed by atoms with E-state index in [4.69, 9.17) is 0 Å². The number of sulfonamides is 1. The van der Waals surface area contributed by atoms with Gasteiger partial charge in [0.2, 0.25) is 10.0 Å². The molecule has 0 aliphatic rings. The van der Waals surface area contributed by atoms with Gasteiger partial charge in [-0.2, -0.15) is 4.72 Å². The largest absolute Gasteiger partial charge is 0.480 e. The zero-order valence-electron chi connectivity index (χ0n) is 15.6. The van der Waals surface area contributed by atoms with Crippen LogP contribution in [-0.4, -0.2) is 38.0 Å². The number of carbonyl (C=O) groups excluding carboxylic acids is 1. The second-order valence-electron chi connectivity index (χ2n) is 6.44. The van der Waals surface area contributed by atoms with Crippen molar-refractivity contribution in [2.45, 2.75) is 37.1 Å². The Kier molecular flexibility index (Phi) is 7.71. The Hall–Kier alpha value is -2.71. The molecule has 2 aromatic rings. The molecule has 0 heterocycles. The Labute approximate surface area is 164 Å². The van der Waals surface area contributed by atoms with Gasteiger partial charge in [0, 0.05) is 12.1 Å². The molecule has 0 fully saturated rings. The molecule has 0 spiro atoms. The van der Waals surface area contributed by atoms with E-state index in [-0.39, 0.29) is 17.2 Å². The minimum Gasteiger partial charge on any atom is -0.480 e. The fourth-order valence-electron chi connectivity index (χ4n) is 2.57. The number of nitrogens with one attached hydrogen (secondary N) is 2. The van der Waals surface area contributed by atoms with Gasteiger partial charge in [-0.05, 0) is 50.5 Å². The lowest BCUT2D eigenvalue weighted by Gasteiger charge is -2.15. The molecule has 7 nitrogen and oxygen atoms in total. The highest BCUT2D eigenvalue weighted by molar-refractivity contribution is 7.89. The highest BCUT2D eigenvalue weighted by Crippen LogP contribution is 2.12. The molecule has 150 valence electrons. The number of carboxylic acid groups (broad SMARTS) is 1. The summed E-state index contributed by atoms with van der Waals surface area (Å²) in [5.41, 5.74) is 1.46. The molecule has 0 unspecified atom stereocenters. The van der Waals surface area contributed by atoms with E-state index >= 15 is 0 Å². The fraction of sp³-hybridized carbons (Fsp3) is 0.300. The predicted octanol–water partition coefficient (Wildman–Crippen LogP) is 2.33. The van der Waals surface area contributed by atoms with Crippen molar-refractivity contribution < 1.29 is 23.1 Å². The first-order valence-corrected chi connectivity index (χ1v) is 10.4. The van der Waals surface area contributed by atoms with Crippen LogP contribution in [0.5, 0.6) is 0 Å². The number of benzene rings is 2. The molecule has 8 heteroatoms. The lowest BCUT2D eigenvalue weighted by atomic mass is 10.1. The Morgan fingerprint density at radius 1 is 1.00 bits per heavy atom. The smallest absolute Gasteiger partial charge is 0.321 e. The standard InChI is InChI=1S/C20H24N2O5S/c1-15-10-12-17(13-11-15)28(26,27)22-18(20(24)25)9-5-6-14-21-19(23)16-7-3-2-4-8-16/h2-4,7-8,10-13,18,22H,5-6,9,14H2,1H3,(H,21,23)(H,24,25)/t18-/m0/s1. The van der Waals surface area contributed by atoms with E-state index in [1.807, 2.05) is 13.0 Å². The predicted molar refractivity (Wildman–Crippen MR) is 106 cm³/mol. The van der Waals surface area contributed by atoms with Gasteiger partial charge in [0.25, 0.3) is 5.91 Å². The molecule has 0 aliphatic heterocycles. The number of rotatable bonds is 10. The molecule has 1 amide bonds. The highest BCUT2D eigenvalue weighted by Gasteiger charge is 2.24. The maximum atomic E-state index is 12.4. The van der Waals surface area contributed by atoms with Crippen LogP contribution in [0, 0.1) is 6.92 Å². The summed E-state index contributed by atoms with van der Waals surface area (Å²) in [6.07, 6.45) is 1.11. The average molecular weight is 404 g/mol. The summed E-state index contributed by atoms with van der Waals surface area (Å²) in [7, 11) is -3.91. The summed E-state index contributed by atoms with van der Waals surface area (Å²) in [5.74, 6) is -1.43. The normalized spacial score (nSPS) is 12.3. The molecule has 0 aliphatic carbocycles. The third-order valence-electron chi connectivity index (χ3n) is 4.17. The summed E-state index contributed by atoms with van der Waals surface area (Å²) in [6.45, 7) is 2.21. The zero-order chi connectivity index (χ0) is 20.6. The zero-order valence-corrected chi connectivity index (χ0v) is 16.4. The van der Waals surface area contributed by atoms with Crippen LogP contribution in [-0.2, 0) is 14.8 Å². The topological polar surface area (TPSA) is 113 Å². The molecule has 3 N–H and O–H groups in total. The molecule has 0 saturated carbocycles. The van der Waals surface area contributed by atoms with E-state index in [1.54, 1.807) is 36.4 Å². The molecule has 0 saturated heterocycles. The summed E-state index contributed by atoms with van der Waals surface area (Å²) >= 11 is 0. The van der Waals surface area contributed by atoms with Crippen molar-refractivity contribution in [2.24, 2.45) is 0 Å². The van der Waals surface area contributed by atoms with Crippen molar-refractivity contribution in [1.29, 1.82) is 0 Å². The molecular weight excluding hydrogens is 380 g/mol. The first kappa shape index (κ1) is 21.6. The van der Waals surface area contributed by atoms with E-state index in [0.717, 1.165) is 5.56 Å². The quantitative estimate of drug-likeness (QED) is 0.526. The summed E-state index contributed by atoms with van der Waals surface area (Å²) in [5, 5.41) is 12.1. The first-order valence-electron chi connectivity index (χ1n) is 8.94. The van der Waals surface area contributed by atoms with Crippen LogP contribution in [0.15, 0.2) is 59.5 Å². The van der Waals surface area contributed by atoms with Crippen molar-refractivity contribution >= 4 is 21.9 Å². The van der Waals surface area contributed by atoms with E-state index in [9.17, 15) is 23.1 Å². The van der Waals surface area contributed by atoms with E-state index in [1.165, 1.54) is 12.1 Å². The van der Waals surface area contributed by atoms with Crippen LogP contribution < -0.4 is 10.0 Å². The number of hydrogen-bond acceptors (Lipinski definition) is 4. The van der Waals surface area contributed by atoms with Gasteiger partial charge in [-0.25, -0.2) is 8.42 Å². The Morgan fingerprint density at radius 2 is 1.64 bits per heavy atom. The number of aryl methyl sites for hydroxylation is 1. The van der Waals surface area contributed by atoms with Gasteiger partial charge in [-0.3, -0.25) is 9.59 Å². The third kappa shape index (κ3) is 6.47. The molecule has 2 rings (SSSR count). The lowest BCUT2D eigenvalue weighted by molar-refractivity contribution is -0.139. The van der Waals surface area contributed by atoms with Gasteiger partial charge in [0.1, 0.15) is 6.04 Å². The molecule has 28 heavy (non-hydrogen) atoms. The van der Waals surface area contributed by atoms with Crippen molar-refractivity contribution in [3.8, 4) is 0 Å². The minimum absolute atomic E-state index is 0.0273. The maximum Gasteiger partial charge on any atom is 0.321 e.